The summed E-state index contributed by atoms with van der Waals surface area (Å²) in [4.78, 5) is 12.0. The minimum Gasteiger partial charge on any atom is -0.388 e. The molecule has 0 aromatic heterocycles. The molecule has 1 aliphatic rings. The Morgan fingerprint density at radius 1 is 1.50 bits per heavy atom. The highest BCUT2D eigenvalue weighted by Crippen LogP contribution is 2.31. The molecule has 1 fully saturated rings. The van der Waals surface area contributed by atoms with Gasteiger partial charge in [-0.25, -0.2) is 4.39 Å². The molecular weight excluding hydrogens is 325 g/mol. The van der Waals surface area contributed by atoms with Crippen LogP contribution < -0.4 is 5.32 Å². The number of amides is 1. The maximum Gasteiger partial charge on any atom is 0.254 e. The summed E-state index contributed by atoms with van der Waals surface area (Å²) < 4.78 is 14.1. The van der Waals surface area contributed by atoms with Crippen LogP contribution in [0.15, 0.2) is 22.7 Å². The van der Waals surface area contributed by atoms with E-state index < -0.39 is 17.3 Å². The van der Waals surface area contributed by atoms with Crippen molar-refractivity contribution in [2.45, 2.75) is 38.2 Å². The summed E-state index contributed by atoms with van der Waals surface area (Å²) >= 11 is 3.05. The predicted molar refractivity (Wildman–Crippen MR) is 79.0 cm³/mol. The fourth-order valence-electron chi connectivity index (χ4n) is 2.50. The Bertz CT molecular complexity index is 499. The van der Waals surface area contributed by atoms with Gasteiger partial charge >= 0.3 is 0 Å². The summed E-state index contributed by atoms with van der Waals surface area (Å²) in [5.41, 5.74) is -0.864. The Morgan fingerprint density at radius 3 is 2.80 bits per heavy atom. The molecule has 0 saturated heterocycles. The Hall–Kier alpha value is -0.940. The maximum absolute atomic E-state index is 13.8. The second kappa shape index (κ2) is 6.22. The molecule has 0 radical (unpaired) electrons. The van der Waals surface area contributed by atoms with Crippen LogP contribution in [0.4, 0.5) is 4.39 Å². The van der Waals surface area contributed by atoms with Crippen molar-refractivity contribution in [2.24, 2.45) is 5.92 Å². The van der Waals surface area contributed by atoms with Gasteiger partial charge in [0.15, 0.2) is 0 Å². The molecule has 0 bridgehead atoms. The van der Waals surface area contributed by atoms with Crippen LogP contribution in [0, 0.1) is 11.7 Å². The van der Waals surface area contributed by atoms with E-state index in [1.165, 1.54) is 6.07 Å². The van der Waals surface area contributed by atoms with Gasteiger partial charge in [0, 0.05) is 6.54 Å². The fraction of sp³-hybridized carbons (Fsp3) is 0.533. The van der Waals surface area contributed by atoms with Crippen LogP contribution in [-0.4, -0.2) is 23.2 Å². The largest absolute Gasteiger partial charge is 0.388 e. The summed E-state index contributed by atoms with van der Waals surface area (Å²) in [6, 6.07) is 4.59. The van der Waals surface area contributed by atoms with Crippen LogP contribution in [0.2, 0.25) is 0 Å². The predicted octanol–water partition coefficient (Wildman–Crippen LogP) is 3.26. The van der Waals surface area contributed by atoms with Crippen molar-refractivity contribution >= 4 is 21.8 Å². The van der Waals surface area contributed by atoms with Gasteiger partial charge in [-0.1, -0.05) is 13.0 Å². The minimum absolute atomic E-state index is 0.00727. The van der Waals surface area contributed by atoms with Gasteiger partial charge in [0.05, 0.1) is 15.6 Å². The summed E-state index contributed by atoms with van der Waals surface area (Å²) in [5, 5.41) is 13.0. The van der Waals surface area contributed by atoms with Crippen molar-refractivity contribution in [1.29, 1.82) is 0 Å². The molecule has 1 aromatic rings. The number of nitrogens with one attached hydrogen (secondary N) is 1. The smallest absolute Gasteiger partial charge is 0.254 e. The zero-order valence-corrected chi connectivity index (χ0v) is 13.0. The van der Waals surface area contributed by atoms with E-state index in [4.69, 9.17) is 0 Å². The molecular formula is C15H19BrFNO2. The monoisotopic (exact) mass is 343 g/mol. The highest BCUT2D eigenvalue weighted by Gasteiger charge is 2.32. The van der Waals surface area contributed by atoms with Crippen LogP contribution in [0.5, 0.6) is 0 Å². The van der Waals surface area contributed by atoms with Crippen LogP contribution in [0.1, 0.15) is 43.0 Å². The number of rotatable bonds is 3. The van der Waals surface area contributed by atoms with E-state index in [9.17, 15) is 14.3 Å². The lowest BCUT2D eigenvalue weighted by molar-refractivity contribution is -0.00543. The third-order valence-corrected chi connectivity index (χ3v) is 4.59. The Balaban J connectivity index is 1.97. The SMILES string of the molecule is CC1CCC(O)(CNC(=O)c2cccc(Br)c2F)CC1. The minimum atomic E-state index is -0.856. The number of hydrogen-bond donors (Lipinski definition) is 2. The number of carbonyl (C=O) groups is 1. The lowest BCUT2D eigenvalue weighted by Gasteiger charge is -2.34. The van der Waals surface area contributed by atoms with E-state index in [0.29, 0.717) is 18.8 Å². The van der Waals surface area contributed by atoms with Crippen LogP contribution in [-0.2, 0) is 0 Å². The number of carbonyl (C=O) groups excluding carboxylic acids is 1. The maximum atomic E-state index is 13.8. The second-order valence-corrected chi connectivity index (χ2v) is 6.55. The van der Waals surface area contributed by atoms with Crippen molar-refractivity contribution in [3.8, 4) is 0 Å². The van der Waals surface area contributed by atoms with Gasteiger partial charge in [-0.05, 0) is 59.7 Å². The van der Waals surface area contributed by atoms with E-state index in [2.05, 4.69) is 28.2 Å². The molecule has 2 N–H and O–H groups in total. The van der Waals surface area contributed by atoms with E-state index >= 15 is 0 Å². The van der Waals surface area contributed by atoms with E-state index in [0.717, 1.165) is 12.8 Å². The van der Waals surface area contributed by atoms with Crippen LogP contribution >= 0.6 is 15.9 Å². The van der Waals surface area contributed by atoms with E-state index in [-0.39, 0.29) is 16.6 Å². The summed E-state index contributed by atoms with van der Waals surface area (Å²) in [6.45, 7) is 2.33. The summed E-state index contributed by atoms with van der Waals surface area (Å²) in [5.74, 6) is -0.446. The first-order valence-corrected chi connectivity index (χ1v) is 7.65. The molecule has 0 heterocycles. The standard InChI is InChI=1S/C15H19BrFNO2/c1-10-5-7-15(20,8-6-10)9-18-14(19)11-3-2-4-12(16)13(11)17/h2-4,10,20H,5-9H2,1H3,(H,18,19). The number of aliphatic hydroxyl groups is 1. The molecule has 110 valence electrons. The average molecular weight is 344 g/mol. The molecule has 1 aliphatic carbocycles. The fourth-order valence-corrected chi connectivity index (χ4v) is 2.86. The highest BCUT2D eigenvalue weighted by atomic mass is 79.9. The molecule has 0 aliphatic heterocycles. The number of halogens is 2. The van der Waals surface area contributed by atoms with Gasteiger partial charge in [0.1, 0.15) is 5.82 Å². The molecule has 0 atom stereocenters. The zero-order valence-electron chi connectivity index (χ0n) is 11.5. The third kappa shape index (κ3) is 3.58. The highest BCUT2D eigenvalue weighted by molar-refractivity contribution is 9.10. The van der Waals surface area contributed by atoms with Gasteiger partial charge in [-0.3, -0.25) is 4.79 Å². The molecule has 20 heavy (non-hydrogen) atoms. The van der Waals surface area contributed by atoms with Gasteiger partial charge in [-0.2, -0.15) is 0 Å². The first-order chi connectivity index (χ1) is 9.41. The molecule has 0 spiro atoms. The first-order valence-electron chi connectivity index (χ1n) is 6.86. The van der Waals surface area contributed by atoms with E-state index in [1.807, 2.05) is 0 Å². The molecule has 1 saturated carbocycles. The molecule has 5 heteroatoms. The number of hydrogen-bond acceptors (Lipinski definition) is 2. The first kappa shape index (κ1) is 15.4. The Kier molecular flexibility index (Phi) is 4.81. The lowest BCUT2D eigenvalue weighted by Crippen LogP contribution is -2.45. The third-order valence-electron chi connectivity index (χ3n) is 3.98. The van der Waals surface area contributed by atoms with Crippen molar-refractivity contribution in [3.63, 3.8) is 0 Å². The van der Waals surface area contributed by atoms with Crippen LogP contribution in [0.25, 0.3) is 0 Å². The molecule has 1 amide bonds. The topological polar surface area (TPSA) is 49.3 Å². The Morgan fingerprint density at radius 2 is 2.15 bits per heavy atom. The van der Waals surface area contributed by atoms with Crippen molar-refractivity contribution in [2.75, 3.05) is 6.54 Å². The van der Waals surface area contributed by atoms with Gasteiger partial charge < -0.3 is 10.4 Å². The summed E-state index contributed by atoms with van der Waals surface area (Å²) in [6.07, 6.45) is 3.26. The quantitative estimate of drug-likeness (QED) is 0.884. The average Bonchev–Trinajstić information content (AvgIpc) is 2.43. The van der Waals surface area contributed by atoms with Crippen molar-refractivity contribution < 1.29 is 14.3 Å². The van der Waals surface area contributed by atoms with Gasteiger partial charge in [0.2, 0.25) is 0 Å². The zero-order chi connectivity index (χ0) is 14.8. The summed E-state index contributed by atoms with van der Waals surface area (Å²) in [7, 11) is 0. The Labute approximate surface area is 126 Å². The molecule has 2 rings (SSSR count). The molecule has 3 nitrogen and oxygen atoms in total. The second-order valence-electron chi connectivity index (χ2n) is 5.69. The molecule has 0 unspecified atom stereocenters. The van der Waals surface area contributed by atoms with Crippen molar-refractivity contribution in [3.05, 3.63) is 34.1 Å². The number of benzene rings is 1. The van der Waals surface area contributed by atoms with Crippen LogP contribution in [0.3, 0.4) is 0 Å². The molecule has 1 aromatic carbocycles. The normalized spacial score (nSPS) is 26.3. The van der Waals surface area contributed by atoms with Gasteiger partial charge in [-0.15, -0.1) is 0 Å². The van der Waals surface area contributed by atoms with Crippen molar-refractivity contribution in [1.82, 2.24) is 5.32 Å². The lowest BCUT2D eigenvalue weighted by atomic mass is 9.79. The van der Waals surface area contributed by atoms with E-state index in [1.54, 1.807) is 12.1 Å². The van der Waals surface area contributed by atoms with Gasteiger partial charge in [0.25, 0.3) is 5.91 Å².